The normalized spacial score (nSPS) is 30.4. The van der Waals surface area contributed by atoms with Gasteiger partial charge in [0.05, 0.1) is 31.1 Å². The van der Waals surface area contributed by atoms with E-state index in [2.05, 4.69) is 9.62 Å². The van der Waals surface area contributed by atoms with Gasteiger partial charge in [-0.25, -0.2) is 13.1 Å². The van der Waals surface area contributed by atoms with E-state index in [9.17, 15) is 8.42 Å². The molecule has 0 bridgehead atoms. The molecule has 0 aromatic carbocycles. The first-order valence-electron chi connectivity index (χ1n) is 6.80. The molecule has 2 atom stereocenters. The smallest absolute Gasteiger partial charge is 0.212 e. The van der Waals surface area contributed by atoms with E-state index in [4.69, 9.17) is 4.74 Å². The van der Waals surface area contributed by atoms with E-state index in [1.54, 1.807) is 0 Å². The standard InChI is InChI=1S/C12H24N2O3S/c1-10(2)9-18(15,16)13-11-7-17-8-12(11)14-5-3-4-6-14/h10-13H,3-9H2,1-2H3/t11-,12-/m0/s1. The van der Waals surface area contributed by atoms with E-state index in [0.717, 1.165) is 13.1 Å². The van der Waals surface area contributed by atoms with Gasteiger partial charge in [-0.2, -0.15) is 0 Å². The number of likely N-dealkylation sites (tertiary alicyclic amines) is 1. The largest absolute Gasteiger partial charge is 0.378 e. The van der Waals surface area contributed by atoms with Gasteiger partial charge in [0.1, 0.15) is 0 Å². The van der Waals surface area contributed by atoms with Crippen molar-refractivity contribution in [3.63, 3.8) is 0 Å². The Morgan fingerprint density at radius 3 is 2.56 bits per heavy atom. The minimum absolute atomic E-state index is 0.0770. The van der Waals surface area contributed by atoms with Gasteiger partial charge >= 0.3 is 0 Å². The molecule has 2 aliphatic rings. The maximum atomic E-state index is 12.0. The highest BCUT2D eigenvalue weighted by atomic mass is 32.2. The molecule has 2 rings (SSSR count). The molecule has 0 amide bonds. The zero-order chi connectivity index (χ0) is 13.2. The van der Waals surface area contributed by atoms with Gasteiger partial charge in [-0.15, -0.1) is 0 Å². The molecule has 2 heterocycles. The topological polar surface area (TPSA) is 58.6 Å². The van der Waals surface area contributed by atoms with Crippen molar-refractivity contribution in [3.8, 4) is 0 Å². The second-order valence-electron chi connectivity index (χ2n) is 5.75. The highest BCUT2D eigenvalue weighted by Gasteiger charge is 2.36. The van der Waals surface area contributed by atoms with Crippen molar-refractivity contribution in [2.75, 3.05) is 32.1 Å². The van der Waals surface area contributed by atoms with Crippen LogP contribution in [0.15, 0.2) is 0 Å². The summed E-state index contributed by atoms with van der Waals surface area (Å²) in [5, 5.41) is 0. The van der Waals surface area contributed by atoms with Gasteiger partial charge in [0.15, 0.2) is 0 Å². The van der Waals surface area contributed by atoms with E-state index < -0.39 is 10.0 Å². The average Bonchev–Trinajstić information content (AvgIpc) is 2.83. The summed E-state index contributed by atoms with van der Waals surface area (Å²) < 4.78 is 32.2. The number of nitrogens with zero attached hydrogens (tertiary/aromatic N) is 1. The van der Waals surface area contributed by atoms with Crippen LogP contribution in [-0.4, -0.2) is 57.5 Å². The van der Waals surface area contributed by atoms with Gasteiger partial charge < -0.3 is 4.74 Å². The number of rotatable bonds is 5. The van der Waals surface area contributed by atoms with Crippen molar-refractivity contribution in [1.82, 2.24) is 9.62 Å². The monoisotopic (exact) mass is 276 g/mol. The molecule has 0 spiro atoms. The predicted octanol–water partition coefficient (Wildman–Crippen LogP) is 0.425. The van der Waals surface area contributed by atoms with Crippen molar-refractivity contribution in [2.45, 2.75) is 38.8 Å². The van der Waals surface area contributed by atoms with E-state index in [1.807, 2.05) is 13.8 Å². The van der Waals surface area contributed by atoms with E-state index in [-0.39, 0.29) is 23.8 Å². The third kappa shape index (κ3) is 3.66. The second-order valence-corrected chi connectivity index (χ2v) is 7.55. The van der Waals surface area contributed by atoms with Crippen molar-refractivity contribution in [2.24, 2.45) is 5.92 Å². The Labute approximate surface area is 110 Å². The fourth-order valence-electron chi connectivity index (χ4n) is 2.81. The minimum atomic E-state index is -3.18. The van der Waals surface area contributed by atoms with Crippen LogP contribution in [0.5, 0.6) is 0 Å². The Hall–Kier alpha value is -0.170. The fourth-order valence-corrected chi connectivity index (χ4v) is 4.47. The van der Waals surface area contributed by atoms with Gasteiger partial charge in [0.25, 0.3) is 0 Å². The summed E-state index contributed by atoms with van der Waals surface area (Å²) in [5.74, 6) is 0.339. The van der Waals surface area contributed by atoms with Gasteiger partial charge in [-0.1, -0.05) is 13.8 Å². The maximum Gasteiger partial charge on any atom is 0.212 e. The lowest BCUT2D eigenvalue weighted by molar-refractivity contribution is 0.159. The molecule has 6 heteroatoms. The molecule has 2 fully saturated rings. The van der Waals surface area contributed by atoms with Crippen LogP contribution in [0.4, 0.5) is 0 Å². The van der Waals surface area contributed by atoms with Gasteiger partial charge in [-0.3, -0.25) is 4.90 Å². The van der Waals surface area contributed by atoms with Crippen LogP contribution < -0.4 is 4.72 Å². The van der Waals surface area contributed by atoms with Crippen molar-refractivity contribution in [1.29, 1.82) is 0 Å². The summed E-state index contributed by atoms with van der Waals surface area (Å²) in [6.07, 6.45) is 2.42. The summed E-state index contributed by atoms with van der Waals surface area (Å²) >= 11 is 0. The Balaban J connectivity index is 1.95. The summed E-state index contributed by atoms with van der Waals surface area (Å²) in [4.78, 5) is 2.36. The summed E-state index contributed by atoms with van der Waals surface area (Å²) in [6.45, 7) is 7.12. The number of hydrogen-bond acceptors (Lipinski definition) is 4. The maximum absolute atomic E-state index is 12.0. The molecule has 106 valence electrons. The first kappa shape index (κ1) is 14.2. The Morgan fingerprint density at radius 2 is 1.94 bits per heavy atom. The van der Waals surface area contributed by atoms with Gasteiger partial charge in [0, 0.05) is 0 Å². The third-order valence-corrected chi connectivity index (χ3v) is 5.31. The molecule has 5 nitrogen and oxygen atoms in total. The predicted molar refractivity (Wildman–Crippen MR) is 71.0 cm³/mol. The third-order valence-electron chi connectivity index (χ3n) is 3.54. The minimum Gasteiger partial charge on any atom is -0.378 e. The first-order chi connectivity index (χ1) is 8.48. The number of ether oxygens (including phenoxy) is 1. The molecule has 0 aliphatic carbocycles. The van der Waals surface area contributed by atoms with E-state index >= 15 is 0 Å². The van der Waals surface area contributed by atoms with Crippen molar-refractivity contribution >= 4 is 10.0 Å². The van der Waals surface area contributed by atoms with Crippen molar-refractivity contribution in [3.05, 3.63) is 0 Å². The average molecular weight is 276 g/mol. The van der Waals surface area contributed by atoms with Crippen LogP contribution in [0.1, 0.15) is 26.7 Å². The summed E-state index contributed by atoms with van der Waals surface area (Å²) in [7, 11) is -3.18. The highest BCUT2D eigenvalue weighted by molar-refractivity contribution is 7.89. The van der Waals surface area contributed by atoms with E-state index in [1.165, 1.54) is 12.8 Å². The lowest BCUT2D eigenvalue weighted by atomic mass is 10.1. The van der Waals surface area contributed by atoms with Crippen LogP contribution in [-0.2, 0) is 14.8 Å². The zero-order valence-electron chi connectivity index (χ0n) is 11.3. The Kier molecular flexibility index (Phi) is 4.64. The van der Waals surface area contributed by atoms with Crippen LogP contribution in [0.2, 0.25) is 0 Å². The highest BCUT2D eigenvalue weighted by Crippen LogP contribution is 2.19. The lowest BCUT2D eigenvalue weighted by Gasteiger charge is -2.27. The summed E-state index contributed by atoms with van der Waals surface area (Å²) in [6, 6.07) is 0.140. The molecule has 2 saturated heterocycles. The molecular formula is C12H24N2O3S. The molecule has 18 heavy (non-hydrogen) atoms. The molecule has 0 aromatic heterocycles. The van der Waals surface area contributed by atoms with Crippen LogP contribution in [0.25, 0.3) is 0 Å². The first-order valence-corrected chi connectivity index (χ1v) is 8.45. The molecule has 0 unspecified atom stereocenters. The number of hydrogen-bond donors (Lipinski definition) is 1. The van der Waals surface area contributed by atoms with Gasteiger partial charge in [-0.05, 0) is 31.8 Å². The van der Waals surface area contributed by atoms with Crippen molar-refractivity contribution < 1.29 is 13.2 Å². The van der Waals surface area contributed by atoms with Crippen LogP contribution in [0, 0.1) is 5.92 Å². The summed E-state index contributed by atoms with van der Waals surface area (Å²) in [5.41, 5.74) is 0. The molecule has 1 N–H and O–H groups in total. The van der Waals surface area contributed by atoms with Crippen LogP contribution >= 0.6 is 0 Å². The molecule has 0 radical (unpaired) electrons. The van der Waals surface area contributed by atoms with Crippen LogP contribution in [0.3, 0.4) is 0 Å². The lowest BCUT2D eigenvalue weighted by Crippen LogP contribution is -2.50. The molecule has 0 aromatic rings. The Morgan fingerprint density at radius 1 is 1.28 bits per heavy atom. The quantitative estimate of drug-likeness (QED) is 0.791. The molecule has 0 saturated carbocycles. The SMILES string of the molecule is CC(C)CS(=O)(=O)N[C@H]1COC[C@@H]1N1CCCC1. The second kappa shape index (κ2) is 5.86. The number of nitrogens with one attached hydrogen (secondary N) is 1. The number of sulfonamides is 1. The van der Waals surface area contributed by atoms with Gasteiger partial charge in [0.2, 0.25) is 10.0 Å². The zero-order valence-corrected chi connectivity index (χ0v) is 12.1. The Bertz CT molecular complexity index is 364. The van der Waals surface area contributed by atoms with E-state index in [0.29, 0.717) is 13.2 Å². The molecule has 2 aliphatic heterocycles. The fraction of sp³-hybridized carbons (Fsp3) is 1.00. The molecular weight excluding hydrogens is 252 g/mol.